The van der Waals surface area contributed by atoms with E-state index in [4.69, 9.17) is 4.74 Å². The number of pyridine rings is 1. The molecule has 0 saturated carbocycles. The maximum absolute atomic E-state index is 11.9. The van der Waals surface area contributed by atoms with Crippen molar-refractivity contribution in [3.05, 3.63) is 59.9 Å². The van der Waals surface area contributed by atoms with Gasteiger partial charge < -0.3 is 4.74 Å². The Morgan fingerprint density at radius 2 is 1.94 bits per heavy atom. The molecule has 2 aromatic rings. The predicted molar refractivity (Wildman–Crippen MR) is 65.3 cm³/mol. The Morgan fingerprint density at radius 1 is 1.18 bits per heavy atom. The topological polar surface area (TPSA) is 39.2 Å². The molecule has 0 N–H and O–H groups in total. The van der Waals surface area contributed by atoms with Crippen molar-refractivity contribution in [3.63, 3.8) is 0 Å². The molecule has 0 fully saturated rings. The van der Waals surface area contributed by atoms with Gasteiger partial charge in [-0.25, -0.2) is 0 Å². The highest BCUT2D eigenvalue weighted by molar-refractivity contribution is 5.97. The van der Waals surface area contributed by atoms with Crippen molar-refractivity contribution in [2.24, 2.45) is 0 Å². The minimum atomic E-state index is 0.0614. The number of ether oxygens (including phenoxy) is 1. The summed E-state index contributed by atoms with van der Waals surface area (Å²) in [5.41, 5.74) is 1.46. The maximum atomic E-state index is 11.9. The van der Waals surface area contributed by atoms with E-state index in [1.165, 1.54) is 0 Å². The third-order valence-corrected chi connectivity index (χ3v) is 2.48. The van der Waals surface area contributed by atoms with Crippen molar-refractivity contribution in [2.45, 2.75) is 6.42 Å². The minimum absolute atomic E-state index is 0.0614. The third kappa shape index (κ3) is 2.91. The van der Waals surface area contributed by atoms with Crippen molar-refractivity contribution in [1.82, 2.24) is 4.98 Å². The Kier molecular flexibility index (Phi) is 3.50. The lowest BCUT2D eigenvalue weighted by Crippen LogP contribution is -2.04. The molecular formula is C14H13NO2. The first-order valence-electron chi connectivity index (χ1n) is 5.37. The number of methoxy groups -OCH3 is 1. The van der Waals surface area contributed by atoms with Gasteiger partial charge in [0.2, 0.25) is 0 Å². The Hall–Kier alpha value is -2.16. The fraction of sp³-hybridized carbons (Fsp3) is 0.143. The number of carbonyl (C=O) groups is 1. The smallest absolute Gasteiger partial charge is 0.168 e. The van der Waals surface area contributed by atoms with Crippen molar-refractivity contribution in [3.8, 4) is 5.75 Å². The normalized spacial score (nSPS) is 9.94. The average molecular weight is 227 g/mol. The van der Waals surface area contributed by atoms with Crippen LogP contribution in [-0.4, -0.2) is 17.9 Å². The van der Waals surface area contributed by atoms with Crippen LogP contribution in [0.5, 0.6) is 5.75 Å². The highest BCUT2D eigenvalue weighted by Crippen LogP contribution is 2.13. The number of hydrogen-bond acceptors (Lipinski definition) is 3. The monoisotopic (exact) mass is 227 g/mol. The molecule has 0 bridgehead atoms. The molecule has 17 heavy (non-hydrogen) atoms. The Labute approximate surface area is 100 Å². The van der Waals surface area contributed by atoms with Crippen LogP contribution in [0, 0.1) is 0 Å². The Balaban J connectivity index is 2.09. The molecule has 3 heteroatoms. The molecule has 1 aromatic heterocycles. The second kappa shape index (κ2) is 5.25. The highest BCUT2D eigenvalue weighted by Gasteiger charge is 2.07. The van der Waals surface area contributed by atoms with Gasteiger partial charge in [-0.05, 0) is 36.4 Å². The molecule has 86 valence electrons. The summed E-state index contributed by atoms with van der Waals surface area (Å²) in [6, 6.07) is 12.7. The lowest BCUT2D eigenvalue weighted by atomic mass is 10.1. The SMILES string of the molecule is COc1ccc(C(=O)Cc2ccccn2)cc1. The molecule has 1 heterocycles. The molecule has 0 amide bonds. The zero-order valence-corrected chi connectivity index (χ0v) is 9.59. The van der Waals surface area contributed by atoms with Gasteiger partial charge in [-0.3, -0.25) is 9.78 Å². The summed E-state index contributed by atoms with van der Waals surface area (Å²) in [5.74, 6) is 0.811. The van der Waals surface area contributed by atoms with Gasteiger partial charge in [0.05, 0.1) is 13.5 Å². The summed E-state index contributed by atoms with van der Waals surface area (Å²) in [6.07, 6.45) is 2.02. The first-order chi connectivity index (χ1) is 8.29. The van der Waals surface area contributed by atoms with E-state index in [0.29, 0.717) is 12.0 Å². The largest absolute Gasteiger partial charge is 0.497 e. The van der Waals surface area contributed by atoms with Gasteiger partial charge in [0.1, 0.15) is 5.75 Å². The number of Topliss-reactive ketones (excluding diaryl/α,β-unsaturated/α-hetero) is 1. The number of benzene rings is 1. The number of carbonyl (C=O) groups excluding carboxylic acids is 1. The molecule has 0 aliphatic rings. The summed E-state index contributed by atoms with van der Waals surface area (Å²) < 4.78 is 5.04. The Morgan fingerprint density at radius 3 is 2.53 bits per heavy atom. The fourth-order valence-electron chi connectivity index (χ4n) is 1.55. The van der Waals surface area contributed by atoms with Gasteiger partial charge in [-0.1, -0.05) is 6.07 Å². The van der Waals surface area contributed by atoms with Gasteiger partial charge in [-0.2, -0.15) is 0 Å². The van der Waals surface area contributed by atoms with E-state index in [2.05, 4.69) is 4.98 Å². The van der Waals surface area contributed by atoms with Gasteiger partial charge >= 0.3 is 0 Å². The van der Waals surface area contributed by atoms with Gasteiger partial charge in [0, 0.05) is 17.5 Å². The molecule has 0 aliphatic carbocycles. The van der Waals surface area contributed by atoms with Crippen LogP contribution in [0.25, 0.3) is 0 Å². The van der Waals surface area contributed by atoms with Crippen LogP contribution in [0.1, 0.15) is 16.1 Å². The second-order valence-electron chi connectivity index (χ2n) is 3.65. The molecular weight excluding hydrogens is 214 g/mol. The van der Waals surface area contributed by atoms with Crippen LogP contribution in [-0.2, 0) is 6.42 Å². The van der Waals surface area contributed by atoms with Crippen LogP contribution >= 0.6 is 0 Å². The average Bonchev–Trinajstić information content (AvgIpc) is 2.40. The van der Waals surface area contributed by atoms with Crippen molar-refractivity contribution in [1.29, 1.82) is 0 Å². The molecule has 0 aliphatic heterocycles. The van der Waals surface area contributed by atoms with Crippen LogP contribution in [0.2, 0.25) is 0 Å². The quantitative estimate of drug-likeness (QED) is 0.753. The van der Waals surface area contributed by atoms with E-state index in [1.54, 1.807) is 37.6 Å². The van der Waals surface area contributed by atoms with E-state index < -0.39 is 0 Å². The summed E-state index contributed by atoms with van der Waals surface area (Å²) in [6.45, 7) is 0. The molecule has 0 atom stereocenters. The van der Waals surface area contributed by atoms with Gasteiger partial charge in [-0.15, -0.1) is 0 Å². The van der Waals surface area contributed by atoms with Gasteiger partial charge in [0.15, 0.2) is 5.78 Å². The van der Waals surface area contributed by atoms with Crippen molar-refractivity contribution in [2.75, 3.05) is 7.11 Å². The molecule has 0 unspecified atom stereocenters. The van der Waals surface area contributed by atoms with Crippen LogP contribution < -0.4 is 4.74 Å². The summed E-state index contributed by atoms with van der Waals surface area (Å²) in [4.78, 5) is 16.1. The van der Waals surface area contributed by atoms with Crippen LogP contribution in [0.4, 0.5) is 0 Å². The molecule has 0 saturated heterocycles. The summed E-state index contributed by atoms with van der Waals surface area (Å²) >= 11 is 0. The summed E-state index contributed by atoms with van der Waals surface area (Å²) in [7, 11) is 1.60. The zero-order valence-electron chi connectivity index (χ0n) is 9.59. The molecule has 0 radical (unpaired) electrons. The van der Waals surface area contributed by atoms with E-state index >= 15 is 0 Å². The van der Waals surface area contributed by atoms with E-state index in [1.807, 2.05) is 18.2 Å². The van der Waals surface area contributed by atoms with Crippen molar-refractivity contribution >= 4 is 5.78 Å². The maximum Gasteiger partial charge on any atom is 0.168 e. The minimum Gasteiger partial charge on any atom is -0.497 e. The molecule has 2 rings (SSSR count). The van der Waals surface area contributed by atoms with E-state index in [9.17, 15) is 4.79 Å². The van der Waals surface area contributed by atoms with E-state index in [0.717, 1.165) is 11.4 Å². The first kappa shape index (κ1) is 11.3. The number of hydrogen-bond donors (Lipinski definition) is 0. The van der Waals surface area contributed by atoms with Crippen LogP contribution in [0.3, 0.4) is 0 Å². The highest BCUT2D eigenvalue weighted by atomic mass is 16.5. The summed E-state index contributed by atoms with van der Waals surface area (Å²) in [5, 5.41) is 0. The number of aromatic nitrogens is 1. The molecule has 3 nitrogen and oxygen atoms in total. The number of rotatable bonds is 4. The number of ketones is 1. The van der Waals surface area contributed by atoms with Crippen LogP contribution in [0.15, 0.2) is 48.7 Å². The number of nitrogens with zero attached hydrogens (tertiary/aromatic N) is 1. The zero-order chi connectivity index (χ0) is 12.1. The predicted octanol–water partition coefficient (Wildman–Crippen LogP) is 2.52. The Bertz CT molecular complexity index is 491. The fourth-order valence-corrected chi connectivity index (χ4v) is 1.55. The first-order valence-corrected chi connectivity index (χ1v) is 5.37. The lowest BCUT2D eigenvalue weighted by molar-refractivity contribution is 0.0992. The molecule has 1 aromatic carbocycles. The van der Waals surface area contributed by atoms with Gasteiger partial charge in [0.25, 0.3) is 0 Å². The third-order valence-electron chi connectivity index (χ3n) is 2.48. The lowest BCUT2D eigenvalue weighted by Gasteiger charge is -2.02. The van der Waals surface area contributed by atoms with E-state index in [-0.39, 0.29) is 5.78 Å². The van der Waals surface area contributed by atoms with Crippen molar-refractivity contribution < 1.29 is 9.53 Å². The standard InChI is InChI=1S/C14H13NO2/c1-17-13-7-5-11(6-8-13)14(16)10-12-4-2-3-9-15-12/h2-9H,10H2,1H3. The second-order valence-corrected chi connectivity index (χ2v) is 3.65. The molecule has 0 spiro atoms.